The van der Waals surface area contributed by atoms with E-state index in [9.17, 15) is 9.59 Å². The summed E-state index contributed by atoms with van der Waals surface area (Å²) in [5, 5.41) is 0. The highest BCUT2D eigenvalue weighted by Crippen LogP contribution is 2.48. The lowest BCUT2D eigenvalue weighted by atomic mass is 9.74. The predicted octanol–water partition coefficient (Wildman–Crippen LogP) is 2.53. The molecule has 2 aliphatic rings. The van der Waals surface area contributed by atoms with Crippen LogP contribution in [0.4, 0.5) is 0 Å². The van der Waals surface area contributed by atoms with Crippen molar-refractivity contribution in [1.29, 1.82) is 0 Å². The van der Waals surface area contributed by atoms with Gasteiger partial charge in [0.25, 0.3) is 5.91 Å². The van der Waals surface area contributed by atoms with Crippen LogP contribution >= 0.6 is 0 Å². The van der Waals surface area contributed by atoms with Crippen LogP contribution in [0.3, 0.4) is 0 Å². The third-order valence-electron chi connectivity index (χ3n) is 5.40. The molecule has 0 N–H and O–H groups in total. The fraction of sp³-hybridized carbons (Fsp3) is 0.647. The number of piperidine rings is 1. The summed E-state index contributed by atoms with van der Waals surface area (Å²) in [5.41, 5.74) is 0.658. The van der Waals surface area contributed by atoms with E-state index in [1.807, 2.05) is 18.9 Å². The summed E-state index contributed by atoms with van der Waals surface area (Å²) in [5.74, 6) is 0.266. The van der Waals surface area contributed by atoms with Crippen LogP contribution in [0.5, 0.6) is 0 Å². The molecule has 0 aromatic carbocycles. The molecular weight excluding hydrogens is 280 g/mol. The van der Waals surface area contributed by atoms with Crippen molar-refractivity contribution in [3.63, 3.8) is 0 Å². The van der Waals surface area contributed by atoms with Crippen molar-refractivity contribution in [2.24, 2.45) is 5.41 Å². The highest BCUT2D eigenvalue weighted by atomic mass is 16.3. The van der Waals surface area contributed by atoms with Gasteiger partial charge in [-0.15, -0.1) is 0 Å². The molecule has 1 aromatic heterocycles. The lowest BCUT2D eigenvalue weighted by Gasteiger charge is -2.47. The molecule has 1 aromatic rings. The topological polar surface area (TPSA) is 53.8 Å². The summed E-state index contributed by atoms with van der Waals surface area (Å²) in [7, 11) is 1.85. The standard InChI is InChI=1S/C17H24N2O3/c1-3-19-14-5-4-8-17(14,9-6-15(19)20)12-18(2)16(21)13-7-10-22-11-13/h7,10-11,14H,3-6,8-9,12H2,1-2H3/t14-,17+/m1/s1. The maximum absolute atomic E-state index is 12.5. The summed E-state index contributed by atoms with van der Waals surface area (Å²) in [6.45, 7) is 3.53. The maximum Gasteiger partial charge on any atom is 0.256 e. The van der Waals surface area contributed by atoms with Crippen molar-refractivity contribution in [2.75, 3.05) is 20.1 Å². The zero-order chi connectivity index (χ0) is 15.7. The average molecular weight is 304 g/mol. The molecule has 0 radical (unpaired) electrons. The molecule has 2 fully saturated rings. The van der Waals surface area contributed by atoms with Gasteiger partial charge >= 0.3 is 0 Å². The van der Waals surface area contributed by atoms with Crippen LogP contribution in [0.2, 0.25) is 0 Å². The lowest BCUT2D eigenvalue weighted by Crippen LogP contribution is -2.56. The molecule has 22 heavy (non-hydrogen) atoms. The second kappa shape index (κ2) is 5.78. The van der Waals surface area contributed by atoms with E-state index in [0.29, 0.717) is 24.6 Å². The second-order valence-corrected chi connectivity index (χ2v) is 6.62. The first-order valence-electron chi connectivity index (χ1n) is 8.14. The lowest BCUT2D eigenvalue weighted by molar-refractivity contribution is -0.141. The van der Waals surface area contributed by atoms with E-state index in [0.717, 1.165) is 32.2 Å². The molecule has 0 bridgehead atoms. The van der Waals surface area contributed by atoms with Gasteiger partial charge in [0.05, 0.1) is 11.8 Å². The second-order valence-electron chi connectivity index (χ2n) is 6.62. The van der Waals surface area contributed by atoms with E-state index in [2.05, 4.69) is 0 Å². The fourth-order valence-electron chi connectivity index (χ4n) is 4.38. The van der Waals surface area contributed by atoms with Crippen molar-refractivity contribution in [1.82, 2.24) is 9.80 Å². The molecule has 5 heteroatoms. The van der Waals surface area contributed by atoms with Crippen molar-refractivity contribution in [2.45, 2.75) is 45.1 Å². The number of hydrogen-bond donors (Lipinski definition) is 0. The number of carbonyl (C=O) groups excluding carboxylic acids is 2. The van der Waals surface area contributed by atoms with Crippen LogP contribution in [0.1, 0.15) is 49.4 Å². The number of fused-ring (bicyclic) bond motifs is 1. The Kier molecular flexibility index (Phi) is 3.98. The monoisotopic (exact) mass is 304 g/mol. The van der Waals surface area contributed by atoms with Gasteiger partial charge in [0.15, 0.2) is 0 Å². The first-order chi connectivity index (χ1) is 10.6. The summed E-state index contributed by atoms with van der Waals surface area (Å²) in [4.78, 5) is 28.4. The van der Waals surface area contributed by atoms with Crippen LogP contribution in [0.15, 0.2) is 23.0 Å². The van der Waals surface area contributed by atoms with E-state index >= 15 is 0 Å². The molecule has 3 rings (SSSR count). The first-order valence-corrected chi connectivity index (χ1v) is 8.14. The van der Waals surface area contributed by atoms with E-state index in [4.69, 9.17) is 4.42 Å². The van der Waals surface area contributed by atoms with Gasteiger partial charge in [-0.2, -0.15) is 0 Å². The van der Waals surface area contributed by atoms with Crippen LogP contribution < -0.4 is 0 Å². The SMILES string of the molecule is CCN1C(=O)CC[C@]2(CN(C)C(=O)c3ccoc3)CCC[C@@H]12. The molecule has 1 aliphatic heterocycles. The smallest absolute Gasteiger partial charge is 0.256 e. The van der Waals surface area contributed by atoms with Crippen LogP contribution in [-0.4, -0.2) is 47.8 Å². The molecule has 2 heterocycles. The van der Waals surface area contributed by atoms with Crippen LogP contribution in [-0.2, 0) is 4.79 Å². The molecule has 2 amide bonds. The largest absolute Gasteiger partial charge is 0.472 e. The minimum absolute atomic E-state index is 0.00581. The molecule has 0 unspecified atom stereocenters. The molecule has 1 saturated heterocycles. The third-order valence-corrected chi connectivity index (χ3v) is 5.40. The zero-order valence-electron chi connectivity index (χ0n) is 13.4. The number of amides is 2. The van der Waals surface area contributed by atoms with E-state index < -0.39 is 0 Å². The first kappa shape index (κ1) is 15.1. The van der Waals surface area contributed by atoms with Crippen LogP contribution in [0, 0.1) is 5.41 Å². The quantitative estimate of drug-likeness (QED) is 0.859. The van der Waals surface area contributed by atoms with Gasteiger partial charge in [0.1, 0.15) is 6.26 Å². The number of carbonyl (C=O) groups is 2. The number of furan rings is 1. The Balaban J connectivity index is 1.77. The van der Waals surface area contributed by atoms with E-state index in [-0.39, 0.29) is 17.2 Å². The van der Waals surface area contributed by atoms with Crippen LogP contribution in [0.25, 0.3) is 0 Å². The number of nitrogens with zero attached hydrogens (tertiary/aromatic N) is 2. The normalized spacial score (nSPS) is 27.8. The summed E-state index contributed by atoms with van der Waals surface area (Å²) < 4.78 is 5.01. The van der Waals surface area contributed by atoms with Crippen molar-refractivity contribution >= 4 is 11.8 Å². The van der Waals surface area contributed by atoms with Crippen molar-refractivity contribution in [3.05, 3.63) is 24.2 Å². The summed E-state index contributed by atoms with van der Waals surface area (Å²) >= 11 is 0. The molecule has 2 atom stereocenters. The molecule has 0 spiro atoms. The van der Waals surface area contributed by atoms with Crippen molar-refractivity contribution < 1.29 is 14.0 Å². The number of likely N-dealkylation sites (tertiary alicyclic amines) is 1. The fourth-order valence-corrected chi connectivity index (χ4v) is 4.38. The Morgan fingerprint density at radius 1 is 1.50 bits per heavy atom. The molecule has 120 valence electrons. The van der Waals surface area contributed by atoms with Gasteiger partial charge in [0, 0.05) is 38.0 Å². The average Bonchev–Trinajstić information content (AvgIpc) is 3.16. The molecule has 1 aliphatic carbocycles. The molecule has 5 nitrogen and oxygen atoms in total. The maximum atomic E-state index is 12.5. The Morgan fingerprint density at radius 2 is 2.32 bits per heavy atom. The van der Waals surface area contributed by atoms with Gasteiger partial charge in [0.2, 0.25) is 5.91 Å². The van der Waals surface area contributed by atoms with E-state index in [1.165, 1.54) is 12.5 Å². The molecular formula is C17H24N2O3. The minimum Gasteiger partial charge on any atom is -0.472 e. The zero-order valence-corrected chi connectivity index (χ0v) is 13.4. The van der Waals surface area contributed by atoms with Gasteiger partial charge in [-0.25, -0.2) is 0 Å². The Morgan fingerprint density at radius 3 is 3.00 bits per heavy atom. The number of rotatable bonds is 4. The third kappa shape index (κ3) is 2.42. The van der Waals surface area contributed by atoms with Gasteiger partial charge in [-0.3, -0.25) is 9.59 Å². The minimum atomic E-state index is -0.00581. The Hall–Kier alpha value is -1.78. The summed E-state index contributed by atoms with van der Waals surface area (Å²) in [6, 6.07) is 1.99. The molecule has 1 saturated carbocycles. The Labute approximate surface area is 131 Å². The Bertz CT molecular complexity index is 554. The highest BCUT2D eigenvalue weighted by molar-refractivity contribution is 5.93. The van der Waals surface area contributed by atoms with Gasteiger partial charge < -0.3 is 14.2 Å². The summed E-state index contributed by atoms with van der Waals surface area (Å²) in [6.07, 6.45) is 7.83. The predicted molar refractivity (Wildman–Crippen MR) is 82.4 cm³/mol. The number of hydrogen-bond acceptors (Lipinski definition) is 3. The van der Waals surface area contributed by atoms with Crippen molar-refractivity contribution in [3.8, 4) is 0 Å². The highest BCUT2D eigenvalue weighted by Gasteiger charge is 2.50. The van der Waals surface area contributed by atoms with Gasteiger partial charge in [-0.1, -0.05) is 6.42 Å². The van der Waals surface area contributed by atoms with E-state index in [1.54, 1.807) is 11.0 Å². The van der Waals surface area contributed by atoms with Gasteiger partial charge in [-0.05, 0) is 32.3 Å².